The molecule has 1 aliphatic carbocycles. The van der Waals surface area contributed by atoms with E-state index in [2.05, 4.69) is 20.8 Å². The van der Waals surface area contributed by atoms with Gasteiger partial charge in [0.1, 0.15) is 0 Å². The molecule has 1 aliphatic rings. The van der Waals surface area contributed by atoms with E-state index in [9.17, 15) is 14.4 Å². The molecule has 3 amide bonds. The maximum absolute atomic E-state index is 13.4. The molecule has 3 N–H and O–H groups in total. The van der Waals surface area contributed by atoms with E-state index in [1.807, 2.05) is 29.6 Å². The molecule has 1 aromatic carbocycles. The number of carbonyl (C=O) groups is 3. The summed E-state index contributed by atoms with van der Waals surface area (Å²) in [5.41, 5.74) is 8.16. The van der Waals surface area contributed by atoms with Gasteiger partial charge >= 0.3 is 12.0 Å². The fraction of sp³-hybridized carbons (Fsp3) is 0.500. The largest absolute Gasteiger partial charge is 0.448 e. The lowest BCUT2D eigenvalue weighted by atomic mass is 9.70. The van der Waals surface area contributed by atoms with Crippen molar-refractivity contribution in [3.63, 3.8) is 0 Å². The second-order valence-corrected chi connectivity index (χ2v) is 9.66. The fourth-order valence-corrected chi connectivity index (χ4v) is 4.22. The highest BCUT2D eigenvalue weighted by Crippen LogP contribution is 2.39. The summed E-state index contributed by atoms with van der Waals surface area (Å²) in [7, 11) is 0. The van der Waals surface area contributed by atoms with Crippen LogP contribution in [0.5, 0.6) is 0 Å². The summed E-state index contributed by atoms with van der Waals surface area (Å²) in [4.78, 5) is 41.8. The molecule has 2 atom stereocenters. The number of urea groups is 1. The molecule has 0 spiro atoms. The molecule has 166 valence electrons. The predicted molar refractivity (Wildman–Crippen MR) is 118 cm³/mol. The van der Waals surface area contributed by atoms with Gasteiger partial charge in [-0.05, 0) is 48.1 Å². The SMILES string of the molecule is CC(C)[C@H](OC(=O)c1c2c(nc3ccccc13)CC[C@@H](C(C)(C)C)C2)C(=O)NC(N)=O. The van der Waals surface area contributed by atoms with E-state index in [-0.39, 0.29) is 11.3 Å². The normalized spacial score (nSPS) is 17.2. The standard InChI is InChI=1S/C24H31N3O4/c1-13(2)20(21(28)27-23(25)30)31-22(29)19-15-8-6-7-9-17(15)26-18-11-10-14(12-16(18)19)24(3,4)5/h6-9,13-14,20H,10-12H2,1-5H3,(H3,25,27,28,30)/t14-,20+/m1/s1. The number of ether oxygens (including phenoxy) is 1. The number of esters is 1. The topological polar surface area (TPSA) is 111 Å². The van der Waals surface area contributed by atoms with Gasteiger partial charge in [-0.15, -0.1) is 0 Å². The number of nitrogens with one attached hydrogen (secondary N) is 1. The van der Waals surface area contributed by atoms with Crippen molar-refractivity contribution in [1.82, 2.24) is 10.3 Å². The number of rotatable bonds is 4. The van der Waals surface area contributed by atoms with Crippen molar-refractivity contribution in [3.8, 4) is 0 Å². The molecular formula is C24H31N3O4. The van der Waals surface area contributed by atoms with E-state index >= 15 is 0 Å². The molecule has 1 heterocycles. The van der Waals surface area contributed by atoms with Crippen molar-refractivity contribution in [2.45, 2.75) is 60.0 Å². The Balaban J connectivity index is 2.06. The third kappa shape index (κ3) is 4.86. The lowest BCUT2D eigenvalue weighted by Gasteiger charge is -2.35. The first-order valence-corrected chi connectivity index (χ1v) is 10.7. The number of hydrogen-bond donors (Lipinski definition) is 2. The summed E-state index contributed by atoms with van der Waals surface area (Å²) in [6.45, 7) is 10.1. The van der Waals surface area contributed by atoms with Crippen molar-refractivity contribution in [2.75, 3.05) is 0 Å². The lowest BCUT2D eigenvalue weighted by Crippen LogP contribution is -2.45. The van der Waals surface area contributed by atoms with Crippen LogP contribution in [0.15, 0.2) is 24.3 Å². The minimum absolute atomic E-state index is 0.0896. The molecule has 7 heteroatoms. The molecular weight excluding hydrogens is 394 g/mol. The van der Waals surface area contributed by atoms with Crippen molar-refractivity contribution in [2.24, 2.45) is 23.0 Å². The quantitative estimate of drug-likeness (QED) is 0.725. The highest BCUT2D eigenvalue weighted by atomic mass is 16.5. The number of hydrogen-bond acceptors (Lipinski definition) is 5. The minimum atomic E-state index is -1.13. The van der Waals surface area contributed by atoms with E-state index < -0.39 is 24.0 Å². The molecule has 0 saturated carbocycles. The predicted octanol–water partition coefficient (Wildman–Crippen LogP) is 3.76. The minimum Gasteiger partial charge on any atom is -0.448 e. The zero-order valence-corrected chi connectivity index (χ0v) is 18.8. The average molecular weight is 426 g/mol. The third-order valence-electron chi connectivity index (χ3n) is 6.03. The van der Waals surface area contributed by atoms with Gasteiger partial charge in [-0.25, -0.2) is 9.59 Å². The first-order valence-electron chi connectivity index (χ1n) is 10.7. The zero-order valence-electron chi connectivity index (χ0n) is 18.8. The van der Waals surface area contributed by atoms with E-state index in [1.54, 1.807) is 13.8 Å². The van der Waals surface area contributed by atoms with Crippen LogP contribution in [0.3, 0.4) is 0 Å². The number of carbonyl (C=O) groups excluding carboxylic acids is 3. The maximum Gasteiger partial charge on any atom is 0.339 e. The van der Waals surface area contributed by atoms with Gasteiger partial charge in [0.25, 0.3) is 5.91 Å². The molecule has 3 rings (SSSR count). The second-order valence-electron chi connectivity index (χ2n) is 9.66. The summed E-state index contributed by atoms with van der Waals surface area (Å²) in [5.74, 6) is -1.25. The van der Waals surface area contributed by atoms with Crippen molar-refractivity contribution in [3.05, 3.63) is 41.1 Å². The number of amides is 3. The van der Waals surface area contributed by atoms with Crippen LogP contribution < -0.4 is 11.1 Å². The van der Waals surface area contributed by atoms with Gasteiger partial charge in [-0.3, -0.25) is 15.1 Å². The van der Waals surface area contributed by atoms with Gasteiger partial charge < -0.3 is 10.5 Å². The van der Waals surface area contributed by atoms with Crippen molar-refractivity contribution in [1.29, 1.82) is 0 Å². The Morgan fingerprint density at radius 3 is 2.48 bits per heavy atom. The third-order valence-corrected chi connectivity index (χ3v) is 6.03. The van der Waals surface area contributed by atoms with E-state index in [0.29, 0.717) is 16.9 Å². The van der Waals surface area contributed by atoms with Crippen molar-refractivity contribution >= 4 is 28.8 Å². The number of para-hydroxylation sites is 1. The molecule has 0 aliphatic heterocycles. The summed E-state index contributed by atoms with van der Waals surface area (Å²) < 4.78 is 5.67. The van der Waals surface area contributed by atoms with E-state index in [0.717, 1.165) is 36.0 Å². The first-order chi connectivity index (χ1) is 14.5. The first kappa shape index (κ1) is 22.7. The van der Waals surface area contributed by atoms with Gasteiger partial charge in [-0.2, -0.15) is 0 Å². The summed E-state index contributed by atoms with van der Waals surface area (Å²) in [6, 6.07) is 6.49. The molecule has 0 bridgehead atoms. The van der Waals surface area contributed by atoms with Crippen LogP contribution in [-0.4, -0.2) is 29.0 Å². The van der Waals surface area contributed by atoms with Crippen LogP contribution in [0.4, 0.5) is 4.79 Å². The van der Waals surface area contributed by atoms with Crippen molar-refractivity contribution < 1.29 is 19.1 Å². The maximum atomic E-state index is 13.4. The molecule has 0 unspecified atom stereocenters. The number of pyridine rings is 1. The number of nitrogens with zero attached hydrogens (tertiary/aromatic N) is 1. The molecule has 7 nitrogen and oxygen atoms in total. The van der Waals surface area contributed by atoms with Crippen LogP contribution in [0.1, 0.15) is 62.7 Å². The number of fused-ring (bicyclic) bond motifs is 2. The molecule has 2 aromatic rings. The lowest BCUT2D eigenvalue weighted by molar-refractivity contribution is -0.130. The summed E-state index contributed by atoms with van der Waals surface area (Å²) >= 11 is 0. The zero-order chi connectivity index (χ0) is 22.9. The van der Waals surface area contributed by atoms with Gasteiger partial charge in [0.05, 0.1) is 11.1 Å². The Bertz CT molecular complexity index is 1020. The van der Waals surface area contributed by atoms with Crippen LogP contribution >= 0.6 is 0 Å². The van der Waals surface area contributed by atoms with Gasteiger partial charge in [0.2, 0.25) is 0 Å². The average Bonchev–Trinajstić information content (AvgIpc) is 2.67. The number of benzene rings is 1. The molecule has 1 aromatic heterocycles. The fourth-order valence-electron chi connectivity index (χ4n) is 4.22. The Kier molecular flexibility index (Phi) is 6.34. The Morgan fingerprint density at radius 1 is 1.19 bits per heavy atom. The van der Waals surface area contributed by atoms with Crippen LogP contribution in [0, 0.1) is 17.3 Å². The number of primary amides is 1. The second kappa shape index (κ2) is 8.65. The Morgan fingerprint density at radius 2 is 1.87 bits per heavy atom. The number of aromatic nitrogens is 1. The van der Waals surface area contributed by atoms with Crippen LogP contribution in [0.2, 0.25) is 0 Å². The smallest absolute Gasteiger partial charge is 0.339 e. The number of aryl methyl sites for hydroxylation is 1. The Hall–Kier alpha value is -2.96. The van der Waals surface area contributed by atoms with Crippen LogP contribution in [-0.2, 0) is 22.4 Å². The summed E-state index contributed by atoms with van der Waals surface area (Å²) in [5, 5.41) is 2.72. The molecule has 0 radical (unpaired) electrons. The Labute approximate surface area is 182 Å². The van der Waals surface area contributed by atoms with E-state index in [4.69, 9.17) is 15.5 Å². The number of imide groups is 1. The highest BCUT2D eigenvalue weighted by molar-refractivity contribution is 6.06. The summed E-state index contributed by atoms with van der Waals surface area (Å²) in [6.07, 6.45) is 1.38. The van der Waals surface area contributed by atoms with Gasteiger partial charge in [-0.1, -0.05) is 52.8 Å². The van der Waals surface area contributed by atoms with Crippen LogP contribution in [0.25, 0.3) is 10.9 Å². The molecule has 0 saturated heterocycles. The molecule has 31 heavy (non-hydrogen) atoms. The monoisotopic (exact) mass is 425 g/mol. The molecule has 0 fully saturated rings. The highest BCUT2D eigenvalue weighted by Gasteiger charge is 2.35. The number of nitrogens with two attached hydrogens (primary N) is 1. The van der Waals surface area contributed by atoms with Gasteiger partial charge in [0.15, 0.2) is 6.10 Å². The van der Waals surface area contributed by atoms with Gasteiger partial charge in [0, 0.05) is 11.1 Å². The van der Waals surface area contributed by atoms with E-state index in [1.165, 1.54) is 0 Å².